The van der Waals surface area contributed by atoms with Crippen LogP contribution in [0.25, 0.3) is 0 Å². The largest absolute Gasteiger partial charge is 0.390 e. The lowest BCUT2D eigenvalue weighted by Gasteiger charge is -2.04. The van der Waals surface area contributed by atoms with Gasteiger partial charge < -0.3 is 5.11 Å². The van der Waals surface area contributed by atoms with Crippen LogP contribution in [-0.2, 0) is 6.42 Å². The Morgan fingerprint density at radius 2 is 2.45 bits per heavy atom. The third-order valence-corrected chi connectivity index (χ3v) is 2.25. The molecule has 1 aromatic rings. The predicted octanol–water partition coefficient (Wildman–Crippen LogP) is 0.867. The predicted molar refractivity (Wildman–Crippen MR) is 41.1 cm³/mol. The van der Waals surface area contributed by atoms with Gasteiger partial charge in [0.25, 0.3) is 0 Å². The van der Waals surface area contributed by atoms with Crippen molar-refractivity contribution in [1.82, 2.24) is 10.2 Å². The lowest BCUT2D eigenvalue weighted by atomic mass is 10.1. The van der Waals surface area contributed by atoms with Crippen LogP contribution >= 0.6 is 0 Å². The summed E-state index contributed by atoms with van der Waals surface area (Å²) in [6, 6.07) is 1.95. The van der Waals surface area contributed by atoms with E-state index >= 15 is 0 Å². The quantitative estimate of drug-likeness (QED) is 0.675. The highest BCUT2D eigenvalue weighted by molar-refractivity contribution is 5.02. The molecule has 1 saturated carbocycles. The van der Waals surface area contributed by atoms with E-state index in [-0.39, 0.29) is 5.60 Å². The van der Waals surface area contributed by atoms with Gasteiger partial charge in [-0.15, -0.1) is 0 Å². The third-order valence-electron chi connectivity index (χ3n) is 2.25. The van der Waals surface area contributed by atoms with E-state index in [1.165, 1.54) is 0 Å². The van der Waals surface area contributed by atoms with Crippen molar-refractivity contribution in [1.29, 1.82) is 0 Å². The summed E-state index contributed by atoms with van der Waals surface area (Å²) in [6.45, 7) is 0. The Hall–Kier alpha value is -0.830. The summed E-state index contributed by atoms with van der Waals surface area (Å²) in [5.74, 6) is 0. The molecule has 0 aliphatic heterocycles. The van der Waals surface area contributed by atoms with Gasteiger partial charge in [-0.3, -0.25) is 5.10 Å². The van der Waals surface area contributed by atoms with Crippen LogP contribution in [0.4, 0.5) is 0 Å². The number of aromatic amines is 1. The van der Waals surface area contributed by atoms with Crippen LogP contribution in [0.15, 0.2) is 12.3 Å². The molecule has 0 saturated heterocycles. The second-order valence-corrected chi connectivity index (χ2v) is 3.31. The van der Waals surface area contributed by atoms with Gasteiger partial charge in [0.2, 0.25) is 0 Å². The highest BCUT2D eigenvalue weighted by atomic mass is 16.3. The van der Waals surface area contributed by atoms with Crippen LogP contribution in [0.2, 0.25) is 0 Å². The molecular weight excluding hydrogens is 140 g/mol. The highest BCUT2D eigenvalue weighted by Gasteiger charge is 2.39. The zero-order chi connectivity index (χ0) is 7.73. The molecule has 3 heteroatoms. The van der Waals surface area contributed by atoms with E-state index in [1.807, 2.05) is 6.07 Å². The summed E-state index contributed by atoms with van der Waals surface area (Å²) in [5.41, 5.74) is 0.788. The molecule has 2 N–H and O–H groups in total. The monoisotopic (exact) mass is 152 g/mol. The zero-order valence-corrected chi connectivity index (χ0v) is 6.38. The summed E-state index contributed by atoms with van der Waals surface area (Å²) in [5, 5.41) is 16.2. The molecular formula is C8H12N2O. The Balaban J connectivity index is 1.83. The minimum Gasteiger partial charge on any atom is -0.390 e. The van der Waals surface area contributed by atoms with Crippen LogP contribution < -0.4 is 0 Å². The number of rotatable bonds is 3. The zero-order valence-electron chi connectivity index (χ0n) is 6.38. The first-order chi connectivity index (χ1) is 5.29. The van der Waals surface area contributed by atoms with Crippen molar-refractivity contribution in [3.63, 3.8) is 0 Å². The SMILES string of the molecule is OC1(CCc2ccn[nH]2)CC1. The Labute approximate surface area is 65.4 Å². The van der Waals surface area contributed by atoms with Crippen molar-refractivity contribution in [3.8, 4) is 0 Å². The molecule has 1 aliphatic carbocycles. The summed E-state index contributed by atoms with van der Waals surface area (Å²) < 4.78 is 0. The number of H-pyrrole nitrogens is 1. The molecule has 0 spiro atoms. The van der Waals surface area contributed by atoms with Crippen LogP contribution in [0.5, 0.6) is 0 Å². The molecule has 0 radical (unpaired) electrons. The summed E-state index contributed by atoms with van der Waals surface area (Å²) in [7, 11) is 0. The van der Waals surface area contributed by atoms with Gasteiger partial charge in [0, 0.05) is 11.9 Å². The highest BCUT2D eigenvalue weighted by Crippen LogP contribution is 2.38. The van der Waals surface area contributed by atoms with Gasteiger partial charge in [-0.25, -0.2) is 0 Å². The van der Waals surface area contributed by atoms with Crippen LogP contribution in [-0.4, -0.2) is 20.9 Å². The molecule has 2 rings (SSSR count). The first-order valence-electron chi connectivity index (χ1n) is 3.99. The topological polar surface area (TPSA) is 48.9 Å². The number of hydrogen-bond donors (Lipinski definition) is 2. The molecule has 3 nitrogen and oxygen atoms in total. The summed E-state index contributed by atoms with van der Waals surface area (Å²) in [4.78, 5) is 0. The Morgan fingerprint density at radius 3 is 3.00 bits per heavy atom. The van der Waals surface area contributed by atoms with E-state index in [1.54, 1.807) is 6.20 Å². The molecule has 1 aromatic heterocycles. The Bertz CT molecular complexity index is 226. The van der Waals surface area contributed by atoms with Crippen molar-refractivity contribution in [3.05, 3.63) is 18.0 Å². The first-order valence-corrected chi connectivity index (χ1v) is 3.99. The molecule has 0 aromatic carbocycles. The molecule has 0 amide bonds. The van der Waals surface area contributed by atoms with Gasteiger partial charge in [-0.05, 0) is 31.7 Å². The van der Waals surface area contributed by atoms with Crippen molar-refractivity contribution >= 4 is 0 Å². The normalized spacial score (nSPS) is 20.1. The molecule has 0 atom stereocenters. The maximum absolute atomic E-state index is 9.49. The van der Waals surface area contributed by atoms with Crippen molar-refractivity contribution in [2.24, 2.45) is 0 Å². The van der Waals surface area contributed by atoms with E-state index in [9.17, 15) is 5.11 Å². The average molecular weight is 152 g/mol. The van der Waals surface area contributed by atoms with E-state index in [0.717, 1.165) is 31.4 Å². The van der Waals surface area contributed by atoms with E-state index in [4.69, 9.17) is 0 Å². The van der Waals surface area contributed by atoms with Crippen molar-refractivity contribution in [2.45, 2.75) is 31.3 Å². The standard InChI is InChI=1S/C8H12N2O/c11-8(4-5-8)3-1-7-2-6-9-10-7/h2,6,11H,1,3-5H2,(H,9,10). The first kappa shape index (κ1) is 6.85. The Morgan fingerprint density at radius 1 is 1.64 bits per heavy atom. The van der Waals surface area contributed by atoms with Crippen LogP contribution in [0.3, 0.4) is 0 Å². The maximum Gasteiger partial charge on any atom is 0.0653 e. The fourth-order valence-electron chi connectivity index (χ4n) is 1.19. The number of nitrogens with one attached hydrogen (secondary N) is 1. The molecule has 1 fully saturated rings. The number of nitrogens with zero attached hydrogens (tertiary/aromatic N) is 1. The molecule has 1 aliphatic rings. The van der Waals surface area contributed by atoms with Gasteiger partial charge in [-0.2, -0.15) is 5.10 Å². The fraction of sp³-hybridized carbons (Fsp3) is 0.625. The Kier molecular flexibility index (Phi) is 1.46. The summed E-state index contributed by atoms with van der Waals surface area (Å²) in [6.07, 6.45) is 5.47. The van der Waals surface area contributed by atoms with Gasteiger partial charge in [0.15, 0.2) is 0 Å². The van der Waals surface area contributed by atoms with Gasteiger partial charge in [0.05, 0.1) is 5.60 Å². The number of aromatic nitrogens is 2. The molecule has 1 heterocycles. The minimum atomic E-state index is -0.328. The van der Waals surface area contributed by atoms with Crippen molar-refractivity contribution in [2.75, 3.05) is 0 Å². The smallest absolute Gasteiger partial charge is 0.0653 e. The molecule has 0 bridgehead atoms. The lowest BCUT2D eigenvalue weighted by Crippen LogP contribution is -2.07. The number of hydrogen-bond acceptors (Lipinski definition) is 2. The van der Waals surface area contributed by atoms with Gasteiger partial charge >= 0.3 is 0 Å². The average Bonchev–Trinajstić information content (AvgIpc) is 2.53. The van der Waals surface area contributed by atoms with Gasteiger partial charge in [-0.1, -0.05) is 0 Å². The molecule has 0 unspecified atom stereocenters. The number of aliphatic hydroxyl groups is 1. The van der Waals surface area contributed by atoms with E-state index in [2.05, 4.69) is 10.2 Å². The lowest BCUT2D eigenvalue weighted by molar-refractivity contribution is 0.140. The van der Waals surface area contributed by atoms with Crippen molar-refractivity contribution < 1.29 is 5.11 Å². The van der Waals surface area contributed by atoms with Crippen LogP contribution in [0, 0.1) is 0 Å². The van der Waals surface area contributed by atoms with E-state index < -0.39 is 0 Å². The van der Waals surface area contributed by atoms with E-state index in [0.29, 0.717) is 0 Å². The maximum atomic E-state index is 9.49. The fourth-order valence-corrected chi connectivity index (χ4v) is 1.19. The summed E-state index contributed by atoms with van der Waals surface area (Å²) >= 11 is 0. The second-order valence-electron chi connectivity index (χ2n) is 3.31. The van der Waals surface area contributed by atoms with Crippen LogP contribution in [0.1, 0.15) is 25.0 Å². The van der Waals surface area contributed by atoms with Gasteiger partial charge in [0.1, 0.15) is 0 Å². The molecule has 11 heavy (non-hydrogen) atoms. The minimum absolute atomic E-state index is 0.328. The third kappa shape index (κ3) is 1.60. The number of aryl methyl sites for hydroxylation is 1. The second kappa shape index (κ2) is 2.34. The molecule has 60 valence electrons.